The molecule has 4 nitrogen and oxygen atoms in total. The minimum absolute atomic E-state index is 0.507. The van der Waals surface area contributed by atoms with Gasteiger partial charge in [0, 0.05) is 19.5 Å². The van der Waals surface area contributed by atoms with Gasteiger partial charge in [0.05, 0.1) is 22.4 Å². The summed E-state index contributed by atoms with van der Waals surface area (Å²) in [5.74, 6) is 1.18. The highest BCUT2D eigenvalue weighted by Gasteiger charge is 2.11. The van der Waals surface area contributed by atoms with Crippen molar-refractivity contribution in [1.82, 2.24) is 9.97 Å². The number of halogens is 1. The van der Waals surface area contributed by atoms with Crippen molar-refractivity contribution >= 4 is 34.8 Å². The van der Waals surface area contributed by atoms with Crippen molar-refractivity contribution in [2.75, 3.05) is 18.0 Å². The number of hydrogen-bond donors (Lipinski definition) is 1. The molecule has 0 fully saturated rings. The summed E-state index contributed by atoms with van der Waals surface area (Å²) >= 11 is 10.7. The maximum Gasteiger partial charge on any atom is 0.225 e. The molecule has 0 aliphatic carbocycles. The Hall–Kier alpha value is -0.940. The van der Waals surface area contributed by atoms with Gasteiger partial charge in [-0.25, -0.2) is 9.97 Å². The van der Waals surface area contributed by atoms with Gasteiger partial charge in [-0.15, -0.1) is 0 Å². The number of nitrogens with two attached hydrogens (primary N) is 1. The maximum absolute atomic E-state index is 5.77. The van der Waals surface area contributed by atoms with Crippen LogP contribution in [0.4, 0.5) is 5.95 Å². The summed E-state index contributed by atoms with van der Waals surface area (Å²) in [6.07, 6.45) is 3.85. The highest BCUT2D eigenvalue weighted by Crippen LogP contribution is 2.12. The normalized spacial score (nSPS) is 10.6. The van der Waals surface area contributed by atoms with Crippen molar-refractivity contribution in [3.63, 3.8) is 0 Å². The predicted octanol–water partition coefficient (Wildman–Crippen LogP) is 2.27. The highest BCUT2D eigenvalue weighted by atomic mass is 35.5. The summed E-state index contributed by atoms with van der Waals surface area (Å²) in [7, 11) is 0. The fraction of sp³-hybridized carbons (Fsp3) is 0.545. The smallest absolute Gasteiger partial charge is 0.225 e. The Bertz CT molecular complexity index is 366. The molecule has 1 rings (SSSR count). The molecule has 0 unspecified atom stereocenters. The first kappa shape index (κ1) is 14.1. The molecule has 0 amide bonds. The van der Waals surface area contributed by atoms with E-state index in [4.69, 9.17) is 29.6 Å². The fourth-order valence-electron chi connectivity index (χ4n) is 1.43. The molecule has 0 spiro atoms. The molecule has 94 valence electrons. The number of hydrogen-bond acceptors (Lipinski definition) is 4. The van der Waals surface area contributed by atoms with E-state index in [-0.39, 0.29) is 0 Å². The van der Waals surface area contributed by atoms with Crippen molar-refractivity contribution in [3.8, 4) is 0 Å². The average Bonchev–Trinajstić information content (AvgIpc) is 2.25. The Labute approximate surface area is 112 Å². The van der Waals surface area contributed by atoms with Crippen LogP contribution in [0.25, 0.3) is 0 Å². The first-order valence-electron chi connectivity index (χ1n) is 5.50. The molecule has 0 radical (unpaired) electrons. The lowest BCUT2D eigenvalue weighted by Crippen LogP contribution is -2.32. The number of nitrogens with zero attached hydrogens (tertiary/aromatic N) is 3. The molecule has 0 aromatic carbocycles. The van der Waals surface area contributed by atoms with Crippen LogP contribution >= 0.6 is 23.8 Å². The summed E-state index contributed by atoms with van der Waals surface area (Å²) in [4.78, 5) is 11.0. The molecule has 0 saturated heterocycles. The Balaban J connectivity index is 2.74. The Kier molecular flexibility index (Phi) is 5.58. The number of thiocarbonyl (C=S) groups is 1. The number of anilines is 1. The Morgan fingerprint density at radius 2 is 2.06 bits per heavy atom. The minimum Gasteiger partial charge on any atom is -0.393 e. The Morgan fingerprint density at radius 1 is 1.47 bits per heavy atom. The lowest BCUT2D eigenvalue weighted by Gasteiger charge is -2.24. The van der Waals surface area contributed by atoms with Crippen molar-refractivity contribution in [2.45, 2.75) is 20.3 Å². The zero-order valence-electron chi connectivity index (χ0n) is 10.1. The first-order valence-corrected chi connectivity index (χ1v) is 6.28. The summed E-state index contributed by atoms with van der Waals surface area (Å²) in [6.45, 7) is 5.88. The second kappa shape index (κ2) is 6.71. The van der Waals surface area contributed by atoms with Crippen LogP contribution in [0.2, 0.25) is 5.02 Å². The summed E-state index contributed by atoms with van der Waals surface area (Å²) in [5.41, 5.74) is 5.52. The van der Waals surface area contributed by atoms with Crippen LogP contribution in [0, 0.1) is 5.92 Å². The summed E-state index contributed by atoms with van der Waals surface area (Å²) in [6, 6.07) is 0. The van der Waals surface area contributed by atoms with E-state index in [2.05, 4.69) is 28.7 Å². The quantitative estimate of drug-likeness (QED) is 0.805. The molecular formula is C11H17ClN4S. The standard InChI is InChI=1S/C11H17ClN4S/c1-8(2)7-16(4-3-10(13)17)11-14-5-9(12)6-15-11/h5-6,8H,3-4,7H2,1-2H3,(H2,13,17). The van der Waals surface area contributed by atoms with E-state index < -0.39 is 0 Å². The van der Waals surface area contributed by atoms with Crippen LogP contribution in [0.3, 0.4) is 0 Å². The van der Waals surface area contributed by atoms with Gasteiger partial charge in [0.25, 0.3) is 0 Å². The van der Waals surface area contributed by atoms with Crippen LogP contribution in [0.1, 0.15) is 20.3 Å². The van der Waals surface area contributed by atoms with Crippen molar-refractivity contribution < 1.29 is 0 Å². The third-order valence-corrected chi connectivity index (χ3v) is 2.50. The average molecular weight is 273 g/mol. The molecule has 17 heavy (non-hydrogen) atoms. The largest absolute Gasteiger partial charge is 0.393 e. The predicted molar refractivity (Wildman–Crippen MR) is 75.5 cm³/mol. The molecule has 1 aromatic rings. The van der Waals surface area contributed by atoms with Gasteiger partial charge >= 0.3 is 0 Å². The Morgan fingerprint density at radius 3 is 2.53 bits per heavy atom. The van der Waals surface area contributed by atoms with Gasteiger partial charge in [0.1, 0.15) is 0 Å². The van der Waals surface area contributed by atoms with E-state index in [1.54, 1.807) is 12.4 Å². The molecule has 2 N–H and O–H groups in total. The van der Waals surface area contributed by atoms with E-state index >= 15 is 0 Å². The third kappa shape index (κ3) is 5.28. The fourth-order valence-corrected chi connectivity index (χ4v) is 1.62. The van der Waals surface area contributed by atoms with Crippen molar-refractivity contribution in [3.05, 3.63) is 17.4 Å². The zero-order chi connectivity index (χ0) is 12.8. The van der Waals surface area contributed by atoms with Crippen LogP contribution in [-0.2, 0) is 0 Å². The molecule has 0 aliphatic heterocycles. The van der Waals surface area contributed by atoms with E-state index in [1.807, 2.05) is 0 Å². The van der Waals surface area contributed by atoms with Crippen molar-refractivity contribution in [1.29, 1.82) is 0 Å². The van der Waals surface area contributed by atoms with Gasteiger partial charge in [0.2, 0.25) is 5.95 Å². The molecule has 0 bridgehead atoms. The SMILES string of the molecule is CC(C)CN(CCC(N)=S)c1ncc(Cl)cn1. The van der Waals surface area contributed by atoms with Crippen LogP contribution in [0.15, 0.2) is 12.4 Å². The molecule has 6 heteroatoms. The van der Waals surface area contributed by atoms with Crippen LogP contribution in [0.5, 0.6) is 0 Å². The van der Waals surface area contributed by atoms with E-state index in [9.17, 15) is 0 Å². The molecule has 1 aromatic heterocycles. The highest BCUT2D eigenvalue weighted by molar-refractivity contribution is 7.80. The molecule has 1 heterocycles. The second-order valence-corrected chi connectivity index (χ2v) is 5.22. The zero-order valence-corrected chi connectivity index (χ0v) is 11.6. The van der Waals surface area contributed by atoms with Crippen LogP contribution < -0.4 is 10.6 Å². The lowest BCUT2D eigenvalue weighted by molar-refractivity contribution is 0.604. The van der Waals surface area contributed by atoms with E-state index in [0.717, 1.165) is 13.1 Å². The van der Waals surface area contributed by atoms with Gasteiger partial charge < -0.3 is 10.6 Å². The lowest BCUT2D eigenvalue weighted by atomic mass is 10.2. The van der Waals surface area contributed by atoms with Gasteiger partial charge in [0.15, 0.2) is 0 Å². The van der Waals surface area contributed by atoms with Crippen molar-refractivity contribution in [2.24, 2.45) is 11.7 Å². The topological polar surface area (TPSA) is 55.0 Å². The minimum atomic E-state index is 0.507. The molecule has 0 atom stereocenters. The maximum atomic E-state index is 5.77. The molecule has 0 saturated carbocycles. The molecular weight excluding hydrogens is 256 g/mol. The number of rotatable bonds is 6. The third-order valence-electron chi connectivity index (χ3n) is 2.10. The van der Waals surface area contributed by atoms with Crippen LogP contribution in [-0.4, -0.2) is 28.0 Å². The van der Waals surface area contributed by atoms with E-state index in [1.165, 1.54) is 0 Å². The van der Waals surface area contributed by atoms with Gasteiger partial charge in [-0.2, -0.15) is 0 Å². The van der Waals surface area contributed by atoms with Gasteiger partial charge in [-0.05, 0) is 5.92 Å². The van der Waals surface area contributed by atoms with Gasteiger partial charge in [-0.1, -0.05) is 37.7 Å². The first-order chi connectivity index (χ1) is 7.99. The van der Waals surface area contributed by atoms with Gasteiger partial charge in [-0.3, -0.25) is 0 Å². The monoisotopic (exact) mass is 272 g/mol. The number of aromatic nitrogens is 2. The second-order valence-electron chi connectivity index (χ2n) is 4.26. The molecule has 0 aliphatic rings. The van der Waals surface area contributed by atoms with E-state index in [0.29, 0.717) is 28.3 Å². The summed E-state index contributed by atoms with van der Waals surface area (Å²) in [5, 5.41) is 0.535. The summed E-state index contributed by atoms with van der Waals surface area (Å²) < 4.78 is 0.